The van der Waals surface area contributed by atoms with Gasteiger partial charge in [-0.2, -0.15) is 5.10 Å². The van der Waals surface area contributed by atoms with Gasteiger partial charge in [0.25, 0.3) is 0 Å². The molecule has 0 amide bonds. The topological polar surface area (TPSA) is 56.7 Å². The van der Waals surface area contributed by atoms with Gasteiger partial charge in [0.1, 0.15) is 5.01 Å². The van der Waals surface area contributed by atoms with Gasteiger partial charge in [-0.15, -0.1) is 11.3 Å². The van der Waals surface area contributed by atoms with Crippen molar-refractivity contribution in [2.24, 2.45) is 12.8 Å². The zero-order valence-electron chi connectivity index (χ0n) is 13.2. The quantitative estimate of drug-likeness (QED) is 0.946. The van der Waals surface area contributed by atoms with Crippen LogP contribution in [0.1, 0.15) is 53.7 Å². The van der Waals surface area contributed by atoms with Crippen LogP contribution in [0.3, 0.4) is 0 Å². The van der Waals surface area contributed by atoms with Crippen molar-refractivity contribution in [1.29, 1.82) is 0 Å². The molecule has 2 N–H and O–H groups in total. The van der Waals surface area contributed by atoms with E-state index in [4.69, 9.17) is 5.73 Å². The maximum absolute atomic E-state index is 6.01. The molecule has 0 spiro atoms. The second-order valence-corrected chi connectivity index (χ2v) is 7.54. The van der Waals surface area contributed by atoms with Crippen LogP contribution in [0.4, 0.5) is 0 Å². The summed E-state index contributed by atoms with van der Waals surface area (Å²) in [5.74, 6) is 0.126. The molecule has 2 rings (SSSR count). The van der Waals surface area contributed by atoms with Crippen LogP contribution in [0.2, 0.25) is 0 Å². The highest BCUT2D eigenvalue weighted by atomic mass is 32.1. The molecule has 0 aliphatic heterocycles. The van der Waals surface area contributed by atoms with E-state index in [0.717, 1.165) is 22.1 Å². The second-order valence-electron chi connectivity index (χ2n) is 6.31. The van der Waals surface area contributed by atoms with E-state index in [-0.39, 0.29) is 11.3 Å². The molecule has 4 nitrogen and oxygen atoms in total. The van der Waals surface area contributed by atoms with Gasteiger partial charge < -0.3 is 5.73 Å². The monoisotopic (exact) mass is 292 g/mol. The highest BCUT2D eigenvalue weighted by Crippen LogP contribution is 2.31. The smallest absolute Gasteiger partial charge is 0.103 e. The second kappa shape index (κ2) is 5.30. The van der Waals surface area contributed by atoms with Crippen molar-refractivity contribution in [2.75, 3.05) is 6.54 Å². The minimum absolute atomic E-state index is 0.0455. The molecule has 20 heavy (non-hydrogen) atoms. The van der Waals surface area contributed by atoms with E-state index in [1.807, 2.05) is 18.7 Å². The number of hydrogen-bond donors (Lipinski definition) is 1. The summed E-state index contributed by atoms with van der Waals surface area (Å²) in [5.41, 5.74) is 9.39. The predicted octanol–water partition coefficient (Wildman–Crippen LogP) is 2.88. The van der Waals surface area contributed by atoms with Gasteiger partial charge in [-0.05, 0) is 19.9 Å². The number of rotatable bonds is 3. The first kappa shape index (κ1) is 15.2. The molecule has 1 unspecified atom stereocenters. The highest BCUT2D eigenvalue weighted by molar-refractivity contribution is 7.11. The van der Waals surface area contributed by atoms with Gasteiger partial charge in [0.2, 0.25) is 0 Å². The Morgan fingerprint density at radius 3 is 2.40 bits per heavy atom. The van der Waals surface area contributed by atoms with E-state index in [0.29, 0.717) is 6.54 Å². The van der Waals surface area contributed by atoms with E-state index in [9.17, 15) is 0 Å². The first-order chi connectivity index (χ1) is 9.24. The molecule has 0 saturated heterocycles. The summed E-state index contributed by atoms with van der Waals surface area (Å²) < 4.78 is 1.95. The minimum atomic E-state index is 0.0455. The largest absolute Gasteiger partial charge is 0.329 e. The predicted molar refractivity (Wildman–Crippen MR) is 84.4 cm³/mol. The van der Waals surface area contributed by atoms with Crippen LogP contribution in [0.25, 0.3) is 0 Å². The first-order valence-electron chi connectivity index (χ1n) is 6.92. The molecule has 0 aliphatic rings. The molecule has 2 aromatic rings. The van der Waals surface area contributed by atoms with Crippen LogP contribution >= 0.6 is 11.3 Å². The summed E-state index contributed by atoms with van der Waals surface area (Å²) >= 11 is 1.74. The Labute approximate surface area is 125 Å². The average Bonchev–Trinajstić information content (AvgIpc) is 2.86. The fraction of sp³-hybridized carbons (Fsp3) is 0.600. The zero-order chi connectivity index (χ0) is 15.1. The van der Waals surface area contributed by atoms with Gasteiger partial charge in [-0.1, -0.05) is 20.8 Å². The van der Waals surface area contributed by atoms with E-state index in [2.05, 4.69) is 43.8 Å². The maximum Gasteiger partial charge on any atom is 0.103 e. The lowest BCUT2D eigenvalue weighted by Gasteiger charge is -2.14. The van der Waals surface area contributed by atoms with Crippen molar-refractivity contribution in [3.63, 3.8) is 0 Å². The molecule has 0 aliphatic carbocycles. The molecule has 0 aromatic carbocycles. The maximum atomic E-state index is 6.01. The zero-order valence-corrected chi connectivity index (χ0v) is 14.0. The Morgan fingerprint density at radius 1 is 1.35 bits per heavy atom. The Morgan fingerprint density at radius 2 is 2.00 bits per heavy atom. The summed E-state index contributed by atoms with van der Waals surface area (Å²) in [7, 11) is 1.99. The van der Waals surface area contributed by atoms with Crippen molar-refractivity contribution in [3.05, 3.63) is 33.0 Å². The lowest BCUT2D eigenvalue weighted by atomic mass is 9.91. The summed E-state index contributed by atoms with van der Waals surface area (Å²) in [5, 5.41) is 5.73. The molecule has 2 heterocycles. The standard InChI is InChI=1S/C15H24N4S/c1-9-10(2)20-14(17-9)11(8-16)12-7-13(15(3,4)5)18-19(12)6/h7,11H,8,16H2,1-6H3. The fourth-order valence-corrected chi connectivity index (χ4v) is 3.22. The molecular formula is C15H24N4S. The molecule has 0 saturated carbocycles. The summed E-state index contributed by atoms with van der Waals surface area (Å²) in [4.78, 5) is 5.93. The van der Waals surface area contributed by atoms with Crippen LogP contribution in [-0.4, -0.2) is 21.3 Å². The van der Waals surface area contributed by atoms with Gasteiger partial charge in [0.05, 0.1) is 17.3 Å². The number of nitrogens with two attached hydrogens (primary N) is 1. The van der Waals surface area contributed by atoms with Crippen molar-refractivity contribution < 1.29 is 0 Å². The summed E-state index contributed by atoms with van der Waals surface area (Å²) in [6, 6.07) is 2.17. The van der Waals surface area contributed by atoms with Crippen LogP contribution in [0, 0.1) is 13.8 Å². The molecule has 5 heteroatoms. The molecule has 110 valence electrons. The minimum Gasteiger partial charge on any atom is -0.329 e. The van der Waals surface area contributed by atoms with E-state index < -0.39 is 0 Å². The third-order valence-corrected chi connectivity index (χ3v) is 4.81. The SMILES string of the molecule is Cc1nc(C(CN)c2cc(C(C)(C)C)nn2C)sc1C. The van der Waals surface area contributed by atoms with Crippen LogP contribution in [-0.2, 0) is 12.5 Å². The van der Waals surface area contributed by atoms with Crippen LogP contribution in [0.5, 0.6) is 0 Å². The van der Waals surface area contributed by atoms with E-state index in [1.165, 1.54) is 4.88 Å². The lowest BCUT2D eigenvalue weighted by molar-refractivity contribution is 0.550. The number of aromatic nitrogens is 3. The Hall–Kier alpha value is -1.20. The Bertz CT molecular complexity index is 584. The Balaban J connectivity index is 2.44. The molecule has 0 radical (unpaired) electrons. The van der Waals surface area contributed by atoms with Gasteiger partial charge in [0, 0.05) is 29.6 Å². The van der Waals surface area contributed by atoms with E-state index in [1.54, 1.807) is 11.3 Å². The van der Waals surface area contributed by atoms with Gasteiger partial charge in [-0.25, -0.2) is 4.98 Å². The van der Waals surface area contributed by atoms with Gasteiger partial charge in [-0.3, -0.25) is 4.68 Å². The van der Waals surface area contributed by atoms with Crippen molar-refractivity contribution in [2.45, 2.75) is 46.0 Å². The van der Waals surface area contributed by atoms with Crippen LogP contribution in [0.15, 0.2) is 6.07 Å². The first-order valence-corrected chi connectivity index (χ1v) is 7.74. The summed E-state index contributed by atoms with van der Waals surface area (Å²) in [6.45, 7) is 11.2. The summed E-state index contributed by atoms with van der Waals surface area (Å²) in [6.07, 6.45) is 0. The van der Waals surface area contributed by atoms with Crippen molar-refractivity contribution >= 4 is 11.3 Å². The third-order valence-electron chi connectivity index (χ3n) is 3.62. The number of nitrogens with zero attached hydrogens (tertiary/aromatic N) is 3. The number of hydrogen-bond acceptors (Lipinski definition) is 4. The lowest BCUT2D eigenvalue weighted by Crippen LogP contribution is -2.16. The molecule has 0 fully saturated rings. The molecule has 0 bridgehead atoms. The van der Waals surface area contributed by atoms with E-state index >= 15 is 0 Å². The molecule has 1 atom stereocenters. The molecule has 2 aromatic heterocycles. The van der Waals surface area contributed by atoms with Crippen LogP contribution < -0.4 is 5.73 Å². The van der Waals surface area contributed by atoms with Crippen molar-refractivity contribution in [1.82, 2.24) is 14.8 Å². The fourth-order valence-electron chi connectivity index (χ4n) is 2.17. The number of aryl methyl sites for hydroxylation is 3. The normalized spacial score (nSPS) is 13.8. The van der Waals surface area contributed by atoms with Gasteiger partial charge in [0.15, 0.2) is 0 Å². The molecular weight excluding hydrogens is 268 g/mol. The van der Waals surface area contributed by atoms with Crippen molar-refractivity contribution in [3.8, 4) is 0 Å². The average molecular weight is 292 g/mol. The van der Waals surface area contributed by atoms with Gasteiger partial charge >= 0.3 is 0 Å². The number of thiazole rings is 1. The Kier molecular flexibility index (Phi) is 4.02. The third kappa shape index (κ3) is 2.79. The highest BCUT2D eigenvalue weighted by Gasteiger charge is 2.25.